The molecule has 0 amide bonds. The minimum absolute atomic E-state index is 0.0371. The molecule has 1 aromatic rings. The van der Waals surface area contributed by atoms with Gasteiger partial charge >= 0.3 is 0 Å². The predicted molar refractivity (Wildman–Crippen MR) is 78.5 cm³/mol. The van der Waals surface area contributed by atoms with E-state index in [9.17, 15) is 18.5 Å². The Labute approximate surface area is 124 Å². The lowest BCUT2D eigenvalue weighted by atomic mass is 10.3. The second kappa shape index (κ2) is 6.08. The molecule has 1 N–H and O–H groups in total. The average molecular weight is 313 g/mol. The van der Waals surface area contributed by atoms with Crippen molar-refractivity contribution in [2.45, 2.75) is 36.7 Å². The second-order valence-electron chi connectivity index (χ2n) is 5.32. The van der Waals surface area contributed by atoms with Crippen molar-refractivity contribution in [3.63, 3.8) is 0 Å². The molecule has 1 saturated carbocycles. The van der Waals surface area contributed by atoms with E-state index in [1.807, 2.05) is 14.0 Å². The molecule has 0 heterocycles. The van der Waals surface area contributed by atoms with E-state index in [2.05, 4.69) is 9.62 Å². The van der Waals surface area contributed by atoms with Crippen molar-refractivity contribution in [3.05, 3.63) is 34.4 Å². The number of hydrogen-bond donors (Lipinski definition) is 1. The number of nitrogens with zero attached hydrogens (tertiary/aromatic N) is 2. The van der Waals surface area contributed by atoms with Gasteiger partial charge in [-0.05, 0) is 32.9 Å². The standard InChI is InChI=1S/C13H19N3O4S/c1-10(15(2)11-7-8-11)9-14-21(19,20)13-6-4-3-5-12(13)16(17)18/h3-6,10-11,14H,7-9H2,1-2H3. The number of nitro benzene ring substituents is 1. The van der Waals surface area contributed by atoms with Gasteiger partial charge in [0.25, 0.3) is 5.69 Å². The summed E-state index contributed by atoms with van der Waals surface area (Å²) in [5.74, 6) is 0. The first-order chi connectivity index (χ1) is 9.83. The number of benzene rings is 1. The fourth-order valence-electron chi connectivity index (χ4n) is 2.13. The highest BCUT2D eigenvalue weighted by Crippen LogP contribution is 2.27. The van der Waals surface area contributed by atoms with Gasteiger partial charge in [0, 0.05) is 24.7 Å². The van der Waals surface area contributed by atoms with E-state index in [0.717, 1.165) is 12.8 Å². The maximum atomic E-state index is 12.2. The number of likely N-dealkylation sites (N-methyl/N-ethyl adjacent to an activating group) is 1. The molecule has 0 radical (unpaired) electrons. The van der Waals surface area contributed by atoms with Crippen molar-refractivity contribution in [2.75, 3.05) is 13.6 Å². The van der Waals surface area contributed by atoms with Crippen molar-refractivity contribution in [1.82, 2.24) is 9.62 Å². The quantitative estimate of drug-likeness (QED) is 0.606. The summed E-state index contributed by atoms with van der Waals surface area (Å²) in [4.78, 5) is 12.1. The van der Waals surface area contributed by atoms with E-state index in [-0.39, 0.29) is 17.5 Å². The van der Waals surface area contributed by atoms with Gasteiger partial charge in [0.05, 0.1) is 4.92 Å². The van der Waals surface area contributed by atoms with Gasteiger partial charge in [-0.25, -0.2) is 13.1 Å². The van der Waals surface area contributed by atoms with Gasteiger partial charge in [-0.1, -0.05) is 12.1 Å². The SMILES string of the molecule is CC(CNS(=O)(=O)c1ccccc1[N+](=O)[O-])N(C)C1CC1. The van der Waals surface area contributed by atoms with Crippen LogP contribution in [0.25, 0.3) is 0 Å². The molecule has 1 aliphatic rings. The number of rotatable bonds is 7. The monoisotopic (exact) mass is 313 g/mol. The van der Waals surface area contributed by atoms with E-state index in [4.69, 9.17) is 0 Å². The third-order valence-corrected chi connectivity index (χ3v) is 5.21. The van der Waals surface area contributed by atoms with Gasteiger partial charge in [0.15, 0.2) is 4.90 Å². The van der Waals surface area contributed by atoms with Crippen molar-refractivity contribution in [1.29, 1.82) is 0 Å². The van der Waals surface area contributed by atoms with Crippen LogP contribution in [0.3, 0.4) is 0 Å². The molecule has 0 spiro atoms. The number of hydrogen-bond acceptors (Lipinski definition) is 5. The van der Waals surface area contributed by atoms with Crippen LogP contribution < -0.4 is 4.72 Å². The largest absolute Gasteiger partial charge is 0.299 e. The molecule has 1 unspecified atom stereocenters. The van der Waals surface area contributed by atoms with Crippen molar-refractivity contribution < 1.29 is 13.3 Å². The van der Waals surface area contributed by atoms with E-state index < -0.39 is 20.6 Å². The predicted octanol–water partition coefficient (Wildman–Crippen LogP) is 1.36. The maximum absolute atomic E-state index is 12.2. The van der Waals surface area contributed by atoms with Gasteiger partial charge in [-0.15, -0.1) is 0 Å². The first-order valence-electron chi connectivity index (χ1n) is 6.78. The summed E-state index contributed by atoms with van der Waals surface area (Å²) >= 11 is 0. The topological polar surface area (TPSA) is 92.5 Å². The summed E-state index contributed by atoms with van der Waals surface area (Å²) in [5, 5.41) is 10.9. The maximum Gasteiger partial charge on any atom is 0.289 e. The minimum Gasteiger partial charge on any atom is -0.299 e. The highest BCUT2D eigenvalue weighted by Gasteiger charge is 2.30. The van der Waals surface area contributed by atoms with E-state index in [1.54, 1.807) is 0 Å². The average Bonchev–Trinajstić information content (AvgIpc) is 3.28. The fourth-order valence-corrected chi connectivity index (χ4v) is 3.42. The Bertz CT molecular complexity index is 628. The lowest BCUT2D eigenvalue weighted by Gasteiger charge is -2.24. The summed E-state index contributed by atoms with van der Waals surface area (Å²) in [6.45, 7) is 2.15. The fraction of sp³-hybridized carbons (Fsp3) is 0.538. The summed E-state index contributed by atoms with van der Waals surface area (Å²) in [6.07, 6.45) is 2.27. The number of para-hydroxylation sites is 1. The Balaban J connectivity index is 2.10. The van der Waals surface area contributed by atoms with Crippen LogP contribution in [0.15, 0.2) is 29.2 Å². The van der Waals surface area contributed by atoms with Crippen LogP contribution in [0.5, 0.6) is 0 Å². The number of nitrogens with one attached hydrogen (secondary N) is 1. The van der Waals surface area contributed by atoms with E-state index >= 15 is 0 Å². The van der Waals surface area contributed by atoms with Crippen LogP contribution >= 0.6 is 0 Å². The number of sulfonamides is 1. The van der Waals surface area contributed by atoms with Crippen LogP contribution in [0.2, 0.25) is 0 Å². The Kier molecular flexibility index (Phi) is 4.60. The van der Waals surface area contributed by atoms with Crippen LogP contribution in [0.1, 0.15) is 19.8 Å². The van der Waals surface area contributed by atoms with Gasteiger partial charge in [0.2, 0.25) is 10.0 Å². The van der Waals surface area contributed by atoms with Crippen LogP contribution in [0.4, 0.5) is 5.69 Å². The lowest BCUT2D eigenvalue weighted by Crippen LogP contribution is -2.41. The zero-order valence-corrected chi connectivity index (χ0v) is 12.8. The van der Waals surface area contributed by atoms with E-state index in [0.29, 0.717) is 6.04 Å². The highest BCUT2D eigenvalue weighted by atomic mass is 32.2. The Morgan fingerprint density at radius 2 is 2.05 bits per heavy atom. The third kappa shape index (κ3) is 3.78. The molecule has 0 aromatic heterocycles. The van der Waals surface area contributed by atoms with Crippen molar-refractivity contribution in [2.24, 2.45) is 0 Å². The zero-order valence-electron chi connectivity index (χ0n) is 12.0. The van der Waals surface area contributed by atoms with Gasteiger partial charge in [-0.2, -0.15) is 0 Å². The summed E-state index contributed by atoms with van der Waals surface area (Å²) in [6, 6.07) is 5.91. The molecule has 21 heavy (non-hydrogen) atoms. The first-order valence-corrected chi connectivity index (χ1v) is 8.26. The number of nitro groups is 1. The third-order valence-electron chi connectivity index (χ3n) is 3.74. The molecule has 1 aromatic carbocycles. The molecule has 1 aliphatic carbocycles. The van der Waals surface area contributed by atoms with Crippen LogP contribution in [-0.4, -0.2) is 43.9 Å². The Morgan fingerprint density at radius 1 is 1.43 bits per heavy atom. The van der Waals surface area contributed by atoms with Crippen molar-refractivity contribution >= 4 is 15.7 Å². The van der Waals surface area contributed by atoms with Crippen molar-refractivity contribution in [3.8, 4) is 0 Å². The molecule has 116 valence electrons. The molecule has 8 heteroatoms. The summed E-state index contributed by atoms with van der Waals surface area (Å²) in [7, 11) is -1.93. The zero-order chi connectivity index (χ0) is 15.6. The molecular formula is C13H19N3O4S. The normalized spacial score (nSPS) is 16.9. The van der Waals surface area contributed by atoms with E-state index in [1.165, 1.54) is 24.3 Å². The summed E-state index contributed by atoms with van der Waals surface area (Å²) < 4.78 is 26.9. The Hall–Kier alpha value is -1.51. The Morgan fingerprint density at radius 3 is 2.62 bits per heavy atom. The molecule has 1 atom stereocenters. The molecule has 0 bridgehead atoms. The smallest absolute Gasteiger partial charge is 0.289 e. The summed E-state index contributed by atoms with van der Waals surface area (Å²) in [5.41, 5.74) is -0.409. The van der Waals surface area contributed by atoms with Gasteiger partial charge in [-0.3, -0.25) is 15.0 Å². The van der Waals surface area contributed by atoms with Crippen LogP contribution in [-0.2, 0) is 10.0 Å². The lowest BCUT2D eigenvalue weighted by molar-refractivity contribution is -0.387. The van der Waals surface area contributed by atoms with Gasteiger partial charge in [0.1, 0.15) is 0 Å². The molecule has 7 nitrogen and oxygen atoms in total. The van der Waals surface area contributed by atoms with Crippen LogP contribution in [0, 0.1) is 10.1 Å². The molecule has 1 fully saturated rings. The first kappa shape index (κ1) is 15.9. The molecule has 0 aliphatic heterocycles. The molecular weight excluding hydrogens is 294 g/mol. The van der Waals surface area contributed by atoms with Gasteiger partial charge < -0.3 is 0 Å². The second-order valence-corrected chi connectivity index (χ2v) is 7.06. The molecule has 0 saturated heterocycles. The minimum atomic E-state index is -3.89. The highest BCUT2D eigenvalue weighted by molar-refractivity contribution is 7.89. The molecule has 2 rings (SSSR count).